The van der Waals surface area contributed by atoms with Crippen molar-refractivity contribution in [1.29, 1.82) is 5.41 Å². The van der Waals surface area contributed by atoms with Gasteiger partial charge in [0.1, 0.15) is 18.8 Å². The molecule has 0 heterocycles. The maximum absolute atomic E-state index is 13.2. The van der Waals surface area contributed by atoms with Crippen LogP contribution in [0.1, 0.15) is 25.8 Å². The lowest BCUT2D eigenvalue weighted by Gasteiger charge is -2.25. The molecule has 0 aliphatic heterocycles. The Morgan fingerprint density at radius 3 is 2.42 bits per heavy atom. The molecule has 0 aliphatic carbocycles. The Morgan fingerprint density at radius 2 is 1.86 bits per heavy atom. The van der Waals surface area contributed by atoms with Crippen LogP contribution in [0.3, 0.4) is 0 Å². The van der Waals surface area contributed by atoms with E-state index < -0.39 is 29.7 Å². The highest BCUT2D eigenvalue weighted by atomic mass is 32.2. The van der Waals surface area contributed by atoms with Crippen molar-refractivity contribution in [3.05, 3.63) is 55.1 Å². The topological polar surface area (TPSA) is 115 Å². The minimum atomic E-state index is -0.792. The fraction of sp³-hybridized carbons (Fsp3) is 0.462. The number of thioether (sulfide) groups is 1. The molecule has 10 heteroatoms. The molecule has 0 saturated heterocycles. The van der Waals surface area contributed by atoms with Crippen LogP contribution in [0.5, 0.6) is 5.75 Å². The van der Waals surface area contributed by atoms with Crippen molar-refractivity contribution >= 4 is 43.3 Å². The van der Waals surface area contributed by atoms with Crippen molar-refractivity contribution in [2.75, 3.05) is 25.2 Å². The molecule has 0 unspecified atom stereocenters. The molecule has 1 rings (SSSR count). The van der Waals surface area contributed by atoms with Crippen molar-refractivity contribution < 1.29 is 28.5 Å². The summed E-state index contributed by atoms with van der Waals surface area (Å²) in [5.74, 6) is -0.939. The van der Waals surface area contributed by atoms with Crippen LogP contribution in [0.25, 0.3) is 0 Å². The number of hydrogen-bond donors (Lipinski definition) is 2. The van der Waals surface area contributed by atoms with Gasteiger partial charge in [-0.05, 0) is 30.0 Å². The molecule has 1 aromatic rings. The summed E-state index contributed by atoms with van der Waals surface area (Å²) in [5, 5.41) is 9.98. The number of esters is 1. The van der Waals surface area contributed by atoms with E-state index in [9.17, 15) is 14.4 Å². The third-order valence-corrected chi connectivity index (χ3v) is 6.35. The number of Topliss-reactive ketones (excluding diaryl/α,β-unsaturated/α-hetero) is 1. The van der Waals surface area contributed by atoms with Gasteiger partial charge in [0.25, 0.3) is 0 Å². The summed E-state index contributed by atoms with van der Waals surface area (Å²) >= 11 is 1.49. The van der Waals surface area contributed by atoms with Crippen LogP contribution in [0.4, 0.5) is 0 Å². The van der Waals surface area contributed by atoms with E-state index in [-0.39, 0.29) is 18.1 Å². The summed E-state index contributed by atoms with van der Waals surface area (Å²) in [6, 6.07) is 6.47. The van der Waals surface area contributed by atoms with E-state index in [1.807, 2.05) is 26.0 Å². The number of methoxy groups -OCH3 is 1. The van der Waals surface area contributed by atoms with Gasteiger partial charge in [-0.1, -0.05) is 44.7 Å². The van der Waals surface area contributed by atoms with E-state index in [0.717, 1.165) is 12.0 Å². The first kappa shape index (κ1) is 31.0. The van der Waals surface area contributed by atoms with Crippen LogP contribution in [0.2, 0.25) is 5.82 Å². The minimum Gasteiger partial charge on any atom is -0.555 e. The molecular formula is C26H36BN2O6S. The van der Waals surface area contributed by atoms with Crippen LogP contribution in [-0.2, 0) is 30.2 Å². The van der Waals surface area contributed by atoms with E-state index in [2.05, 4.69) is 18.5 Å². The third-order valence-electron chi connectivity index (χ3n) is 5.24. The van der Waals surface area contributed by atoms with Crippen LogP contribution in [0, 0.1) is 17.2 Å². The zero-order valence-corrected chi connectivity index (χ0v) is 22.1. The minimum absolute atomic E-state index is 0.0442. The Balaban J connectivity index is 2.94. The number of rotatable bonds is 19. The fourth-order valence-corrected chi connectivity index (χ4v) is 4.23. The van der Waals surface area contributed by atoms with Gasteiger partial charge in [-0.2, -0.15) is 11.8 Å². The van der Waals surface area contributed by atoms with E-state index in [0.29, 0.717) is 30.3 Å². The number of nitrogens with one attached hydrogen (secondary N) is 2. The van der Waals surface area contributed by atoms with Crippen LogP contribution >= 0.6 is 11.8 Å². The number of ketones is 1. The highest BCUT2D eigenvalue weighted by Crippen LogP contribution is 2.21. The molecule has 1 aromatic carbocycles. The van der Waals surface area contributed by atoms with Crippen molar-refractivity contribution in [3.8, 4) is 5.75 Å². The average molecular weight is 515 g/mol. The molecule has 0 bridgehead atoms. The van der Waals surface area contributed by atoms with Crippen molar-refractivity contribution in [2.45, 2.75) is 38.5 Å². The van der Waals surface area contributed by atoms with Gasteiger partial charge >= 0.3 is 13.5 Å². The Hall–Kier alpha value is -3.01. The molecule has 2 N–H and O–H groups in total. The first-order chi connectivity index (χ1) is 17.3. The number of hydrogen-bond acceptors (Lipinski definition) is 8. The van der Waals surface area contributed by atoms with Crippen LogP contribution in [0.15, 0.2) is 49.6 Å². The number of amides is 1. The van der Waals surface area contributed by atoms with Gasteiger partial charge in [0.05, 0.1) is 24.9 Å². The van der Waals surface area contributed by atoms with E-state index in [1.54, 1.807) is 24.3 Å². The molecule has 36 heavy (non-hydrogen) atoms. The number of carbonyl (C=O) groups is 3. The lowest BCUT2D eigenvalue weighted by atomic mass is 9.74. The van der Waals surface area contributed by atoms with Crippen molar-refractivity contribution in [2.24, 2.45) is 11.8 Å². The second-order valence-electron chi connectivity index (χ2n) is 8.39. The largest absolute Gasteiger partial charge is 0.555 e. The monoisotopic (exact) mass is 515 g/mol. The van der Waals surface area contributed by atoms with Gasteiger partial charge < -0.3 is 19.4 Å². The van der Waals surface area contributed by atoms with Gasteiger partial charge in [0.2, 0.25) is 5.91 Å². The Bertz CT molecular complexity index is 878. The zero-order chi connectivity index (χ0) is 26.9. The summed E-state index contributed by atoms with van der Waals surface area (Å²) in [6.07, 6.45) is 4.37. The van der Waals surface area contributed by atoms with Gasteiger partial charge in [-0.25, -0.2) is 0 Å². The standard InChI is InChI=1S/C26H36BN2O6S/c1-6-12-34-21-10-8-19(9-11-21)14-22(27-35-17-28)25(31)29-24(18(3)4)23(30)15-20(26(32)33-5)16-36-13-7-2/h6-11,17-18,20,22,24,28H,1-2,12-16H2,3-5H3,(H,29,31)/t20-,22-,24-/m0/s1. The van der Waals surface area contributed by atoms with Crippen molar-refractivity contribution in [3.63, 3.8) is 0 Å². The molecule has 3 atom stereocenters. The lowest BCUT2D eigenvalue weighted by Crippen LogP contribution is -2.47. The first-order valence-electron chi connectivity index (χ1n) is 11.7. The molecule has 0 spiro atoms. The number of carbonyl (C=O) groups excluding carboxylic acids is 3. The molecule has 8 nitrogen and oxygen atoms in total. The van der Waals surface area contributed by atoms with Gasteiger partial charge in [-0.3, -0.25) is 19.8 Å². The summed E-state index contributed by atoms with van der Waals surface area (Å²) in [5.41, 5.74) is 0.850. The van der Waals surface area contributed by atoms with Gasteiger partial charge in [0.15, 0.2) is 5.78 Å². The molecule has 0 aromatic heterocycles. The van der Waals surface area contributed by atoms with Crippen LogP contribution < -0.4 is 10.1 Å². The Morgan fingerprint density at radius 1 is 1.17 bits per heavy atom. The molecular weight excluding hydrogens is 479 g/mol. The summed E-state index contributed by atoms with van der Waals surface area (Å²) in [4.78, 5) is 38.5. The lowest BCUT2D eigenvalue weighted by molar-refractivity contribution is -0.146. The second-order valence-corrected chi connectivity index (χ2v) is 9.47. The number of ether oxygens (including phenoxy) is 2. The molecule has 0 fully saturated rings. The maximum Gasteiger partial charge on any atom is 0.384 e. The van der Waals surface area contributed by atoms with E-state index in [4.69, 9.17) is 19.5 Å². The smallest absolute Gasteiger partial charge is 0.384 e. The first-order valence-corrected chi connectivity index (χ1v) is 12.8. The summed E-state index contributed by atoms with van der Waals surface area (Å²) in [6.45, 7) is 11.3. The SMILES string of the molecule is C=CCOc1ccc(C[C@H]([B]OC=N)C(=O)N[C@H](C(=O)C[C@@H](CSCC=C)C(=O)OC)C(C)C)cc1. The quantitative estimate of drug-likeness (QED) is 0.0722. The zero-order valence-electron chi connectivity index (χ0n) is 21.2. The predicted molar refractivity (Wildman–Crippen MR) is 145 cm³/mol. The van der Waals surface area contributed by atoms with E-state index in [1.165, 1.54) is 26.4 Å². The molecule has 1 radical (unpaired) electrons. The highest BCUT2D eigenvalue weighted by Gasteiger charge is 2.32. The predicted octanol–water partition coefficient (Wildman–Crippen LogP) is 3.63. The number of benzene rings is 1. The molecule has 195 valence electrons. The van der Waals surface area contributed by atoms with E-state index >= 15 is 0 Å². The average Bonchev–Trinajstić information content (AvgIpc) is 2.87. The normalized spacial score (nSPS) is 13.0. The summed E-state index contributed by atoms with van der Waals surface area (Å²) < 4.78 is 15.4. The van der Waals surface area contributed by atoms with Crippen LogP contribution in [-0.4, -0.2) is 62.8 Å². The van der Waals surface area contributed by atoms with Gasteiger partial charge in [-0.15, -0.1) is 6.58 Å². The fourth-order valence-electron chi connectivity index (χ4n) is 3.39. The molecule has 1 amide bonds. The Labute approximate surface area is 219 Å². The molecule has 0 aliphatic rings. The second kappa shape index (κ2) is 17.4. The molecule has 0 saturated carbocycles. The van der Waals surface area contributed by atoms with Gasteiger partial charge in [0, 0.05) is 17.9 Å². The maximum atomic E-state index is 13.2. The van der Waals surface area contributed by atoms with Crippen molar-refractivity contribution in [1.82, 2.24) is 5.32 Å². The third kappa shape index (κ3) is 11.2. The summed E-state index contributed by atoms with van der Waals surface area (Å²) in [7, 11) is 2.57. The highest BCUT2D eigenvalue weighted by molar-refractivity contribution is 7.99. The Kier molecular flexibility index (Phi) is 15.0.